The Hall–Kier alpha value is -1.30. The van der Waals surface area contributed by atoms with E-state index in [1.807, 2.05) is 0 Å². The van der Waals surface area contributed by atoms with Crippen molar-refractivity contribution >= 4 is 31.3 Å². The molecular weight excluding hydrogens is 326 g/mol. The molecule has 0 N–H and O–H groups in total. The molecule has 0 radical (unpaired) electrons. The fourth-order valence-corrected chi connectivity index (χ4v) is 2.38. The van der Waals surface area contributed by atoms with Gasteiger partial charge in [-0.3, -0.25) is 0 Å². The summed E-state index contributed by atoms with van der Waals surface area (Å²) in [4.78, 5) is -0.0101. The zero-order valence-corrected chi connectivity index (χ0v) is 12.3. The van der Waals surface area contributed by atoms with E-state index in [1.165, 1.54) is 36.4 Å². The third-order valence-corrected chi connectivity index (χ3v) is 4.17. The van der Waals surface area contributed by atoms with E-state index in [0.29, 0.717) is 11.3 Å². The Balaban J connectivity index is 2.06. The second kappa shape index (κ2) is 5.99. The molecule has 106 valence electrons. The molecule has 0 spiro atoms. The molecule has 0 aliphatic rings. The monoisotopic (exact) mass is 334 g/mol. The molecule has 2 aromatic rings. The highest BCUT2D eigenvalue weighted by atomic mass is 35.7. The van der Waals surface area contributed by atoms with Crippen molar-refractivity contribution in [1.29, 1.82) is 0 Å². The molecule has 0 aromatic heterocycles. The predicted octanol–water partition coefficient (Wildman–Crippen LogP) is 3.99. The van der Waals surface area contributed by atoms with Crippen LogP contribution in [0.3, 0.4) is 0 Å². The molecule has 0 saturated heterocycles. The van der Waals surface area contributed by atoms with Gasteiger partial charge in [-0.05, 0) is 42.0 Å². The molecule has 3 nitrogen and oxygen atoms in total. The summed E-state index contributed by atoms with van der Waals surface area (Å²) in [7, 11) is 1.45. The van der Waals surface area contributed by atoms with Gasteiger partial charge in [-0.25, -0.2) is 12.8 Å². The van der Waals surface area contributed by atoms with E-state index in [1.54, 1.807) is 6.07 Å². The van der Waals surface area contributed by atoms with E-state index >= 15 is 0 Å². The topological polar surface area (TPSA) is 43.4 Å². The van der Waals surface area contributed by atoms with Crippen LogP contribution in [0.2, 0.25) is 5.02 Å². The van der Waals surface area contributed by atoms with Crippen LogP contribution < -0.4 is 4.74 Å². The van der Waals surface area contributed by atoms with Crippen LogP contribution in [0.25, 0.3) is 0 Å². The largest absolute Gasteiger partial charge is 0.489 e. The Morgan fingerprint density at radius 1 is 1.10 bits per heavy atom. The highest BCUT2D eigenvalue weighted by Crippen LogP contribution is 2.21. The third kappa shape index (κ3) is 3.85. The maximum Gasteiger partial charge on any atom is 0.261 e. The van der Waals surface area contributed by atoms with E-state index in [4.69, 9.17) is 27.0 Å². The summed E-state index contributed by atoms with van der Waals surface area (Å²) in [5.41, 5.74) is 0.612. The fraction of sp³-hybridized carbons (Fsp3) is 0.0769. The van der Waals surface area contributed by atoms with Gasteiger partial charge in [0.05, 0.1) is 9.92 Å². The van der Waals surface area contributed by atoms with Gasteiger partial charge in [-0.15, -0.1) is 0 Å². The minimum Gasteiger partial charge on any atom is -0.489 e. The maximum atomic E-state index is 13.2. The maximum absolute atomic E-state index is 13.2. The average Bonchev–Trinajstić information content (AvgIpc) is 2.40. The number of halogens is 3. The Kier molecular flexibility index (Phi) is 4.52. The lowest BCUT2D eigenvalue weighted by Crippen LogP contribution is -1.97. The third-order valence-electron chi connectivity index (χ3n) is 2.49. The normalized spacial score (nSPS) is 11.3. The Morgan fingerprint density at radius 3 is 2.30 bits per heavy atom. The second-order valence-corrected chi connectivity index (χ2v) is 6.92. The molecule has 0 aliphatic heterocycles. The van der Waals surface area contributed by atoms with E-state index in [9.17, 15) is 12.8 Å². The van der Waals surface area contributed by atoms with Crippen molar-refractivity contribution in [3.63, 3.8) is 0 Å². The quantitative estimate of drug-likeness (QED) is 0.794. The minimum absolute atomic E-state index is 0.0101. The van der Waals surface area contributed by atoms with Gasteiger partial charge >= 0.3 is 0 Å². The van der Waals surface area contributed by atoms with E-state index in [0.717, 1.165) is 0 Å². The van der Waals surface area contributed by atoms with Crippen molar-refractivity contribution in [1.82, 2.24) is 0 Å². The molecule has 2 rings (SSSR count). The van der Waals surface area contributed by atoms with Crippen molar-refractivity contribution in [3.05, 3.63) is 58.9 Å². The van der Waals surface area contributed by atoms with Crippen LogP contribution >= 0.6 is 22.3 Å². The Morgan fingerprint density at radius 2 is 1.75 bits per heavy atom. The minimum atomic E-state index is -3.74. The molecular formula is C13H9Cl2FO3S. The molecule has 20 heavy (non-hydrogen) atoms. The Labute approximate surface area is 125 Å². The summed E-state index contributed by atoms with van der Waals surface area (Å²) in [6, 6.07) is 9.98. The van der Waals surface area contributed by atoms with Crippen LogP contribution in [0.4, 0.5) is 4.39 Å². The lowest BCUT2D eigenvalue weighted by Gasteiger charge is -2.07. The summed E-state index contributed by atoms with van der Waals surface area (Å²) in [6.07, 6.45) is 0. The van der Waals surface area contributed by atoms with Crippen molar-refractivity contribution in [2.24, 2.45) is 0 Å². The number of ether oxygens (including phenoxy) is 1. The standard InChI is InChI=1S/C13H9Cl2FO3S/c14-12-6-1-9(7-13(12)16)8-19-10-2-4-11(5-3-10)20(15,17)18/h1-7H,8H2. The van der Waals surface area contributed by atoms with E-state index in [2.05, 4.69) is 0 Å². The summed E-state index contributed by atoms with van der Waals surface area (Å²) >= 11 is 5.57. The molecule has 0 heterocycles. The van der Waals surface area contributed by atoms with Crippen molar-refractivity contribution in [2.75, 3.05) is 0 Å². The van der Waals surface area contributed by atoms with E-state index < -0.39 is 14.9 Å². The van der Waals surface area contributed by atoms with Crippen LogP contribution in [-0.2, 0) is 15.7 Å². The van der Waals surface area contributed by atoms with Crippen molar-refractivity contribution in [3.8, 4) is 5.75 Å². The highest BCUT2D eigenvalue weighted by molar-refractivity contribution is 8.13. The van der Waals surface area contributed by atoms with Crippen LogP contribution in [0.5, 0.6) is 5.75 Å². The number of rotatable bonds is 4. The van der Waals surface area contributed by atoms with Crippen LogP contribution in [0, 0.1) is 5.82 Å². The zero-order valence-electron chi connectivity index (χ0n) is 10.0. The van der Waals surface area contributed by atoms with Gasteiger partial charge in [0.1, 0.15) is 18.2 Å². The number of hydrogen-bond donors (Lipinski definition) is 0. The Bertz CT molecular complexity index is 715. The van der Waals surface area contributed by atoms with Crippen molar-refractivity contribution in [2.45, 2.75) is 11.5 Å². The predicted molar refractivity (Wildman–Crippen MR) is 75.2 cm³/mol. The highest BCUT2D eigenvalue weighted by Gasteiger charge is 2.09. The van der Waals surface area contributed by atoms with Gasteiger partial charge in [0, 0.05) is 10.7 Å². The zero-order chi connectivity index (χ0) is 14.8. The first-order chi connectivity index (χ1) is 9.36. The summed E-state index contributed by atoms with van der Waals surface area (Å²) in [6.45, 7) is 0.140. The van der Waals surface area contributed by atoms with Gasteiger partial charge in [0.25, 0.3) is 9.05 Å². The lowest BCUT2D eigenvalue weighted by molar-refractivity contribution is 0.305. The molecule has 0 atom stereocenters. The number of benzene rings is 2. The molecule has 0 aliphatic carbocycles. The smallest absolute Gasteiger partial charge is 0.261 e. The molecule has 0 unspecified atom stereocenters. The van der Waals surface area contributed by atoms with Gasteiger partial charge in [-0.2, -0.15) is 0 Å². The second-order valence-electron chi connectivity index (χ2n) is 3.95. The SMILES string of the molecule is O=S(=O)(Cl)c1ccc(OCc2ccc(Cl)c(F)c2)cc1. The molecule has 7 heteroatoms. The van der Waals surface area contributed by atoms with Gasteiger partial charge in [-0.1, -0.05) is 17.7 Å². The first-order valence-electron chi connectivity index (χ1n) is 5.48. The van der Waals surface area contributed by atoms with Gasteiger partial charge in [0.15, 0.2) is 0 Å². The van der Waals surface area contributed by atoms with Crippen LogP contribution in [0.15, 0.2) is 47.4 Å². The molecule has 0 fully saturated rings. The van der Waals surface area contributed by atoms with E-state index in [-0.39, 0.29) is 16.5 Å². The first-order valence-corrected chi connectivity index (χ1v) is 8.16. The molecule has 0 bridgehead atoms. The van der Waals surface area contributed by atoms with Gasteiger partial charge in [0.2, 0.25) is 0 Å². The fourth-order valence-electron chi connectivity index (χ4n) is 1.49. The summed E-state index contributed by atoms with van der Waals surface area (Å²) < 4.78 is 40.8. The van der Waals surface area contributed by atoms with Crippen molar-refractivity contribution < 1.29 is 17.5 Å². The van der Waals surface area contributed by atoms with Crippen LogP contribution in [-0.4, -0.2) is 8.42 Å². The molecule has 0 saturated carbocycles. The van der Waals surface area contributed by atoms with Gasteiger partial charge < -0.3 is 4.74 Å². The summed E-state index contributed by atoms with van der Waals surface area (Å²) in [5.74, 6) is -0.0687. The average molecular weight is 335 g/mol. The first kappa shape index (κ1) is 15.1. The summed E-state index contributed by atoms with van der Waals surface area (Å²) in [5, 5.41) is 0.0467. The van der Waals surface area contributed by atoms with Crippen LogP contribution in [0.1, 0.15) is 5.56 Å². The lowest BCUT2D eigenvalue weighted by atomic mass is 10.2. The molecule has 0 amide bonds. The molecule has 2 aromatic carbocycles. The number of hydrogen-bond acceptors (Lipinski definition) is 3.